The number of pyridine rings is 1. The fraction of sp³-hybridized carbons (Fsp3) is 0.250. The molecule has 0 aliphatic heterocycles. The SMILES string of the molecule is COc1ccccc1CC(C(=O)O)c1ncc(Br)cc1C. The second kappa shape index (κ2) is 6.72. The van der Waals surface area contributed by atoms with Crippen LogP contribution in [0.1, 0.15) is 22.7 Å². The summed E-state index contributed by atoms with van der Waals surface area (Å²) < 4.78 is 6.13. The van der Waals surface area contributed by atoms with Crippen molar-refractivity contribution in [2.24, 2.45) is 0 Å². The molecule has 1 aromatic heterocycles. The Hall–Kier alpha value is -1.88. The number of carboxylic acids is 1. The van der Waals surface area contributed by atoms with Crippen molar-refractivity contribution >= 4 is 21.9 Å². The summed E-state index contributed by atoms with van der Waals surface area (Å²) in [5, 5.41) is 9.55. The van der Waals surface area contributed by atoms with E-state index in [1.807, 2.05) is 37.3 Å². The highest BCUT2D eigenvalue weighted by molar-refractivity contribution is 9.10. The van der Waals surface area contributed by atoms with Gasteiger partial charge < -0.3 is 9.84 Å². The van der Waals surface area contributed by atoms with Crippen LogP contribution in [0.25, 0.3) is 0 Å². The van der Waals surface area contributed by atoms with Crippen LogP contribution >= 0.6 is 15.9 Å². The number of aliphatic carboxylic acids is 1. The third-order valence-electron chi connectivity index (χ3n) is 3.33. The number of rotatable bonds is 5. The van der Waals surface area contributed by atoms with Crippen LogP contribution in [0.5, 0.6) is 5.75 Å². The molecule has 1 atom stereocenters. The number of hydrogen-bond donors (Lipinski definition) is 1. The molecule has 2 rings (SSSR count). The van der Waals surface area contributed by atoms with Gasteiger partial charge in [0.15, 0.2) is 0 Å². The quantitative estimate of drug-likeness (QED) is 0.896. The number of aryl methyl sites for hydroxylation is 1. The Morgan fingerprint density at radius 2 is 2.14 bits per heavy atom. The average Bonchev–Trinajstić information content (AvgIpc) is 2.45. The number of halogens is 1. The molecule has 21 heavy (non-hydrogen) atoms. The molecule has 4 nitrogen and oxygen atoms in total. The Morgan fingerprint density at radius 3 is 2.76 bits per heavy atom. The van der Waals surface area contributed by atoms with Crippen LogP contribution in [0.15, 0.2) is 41.0 Å². The van der Waals surface area contributed by atoms with E-state index < -0.39 is 11.9 Å². The molecular weight excluding hydrogens is 334 g/mol. The van der Waals surface area contributed by atoms with Gasteiger partial charge >= 0.3 is 5.97 Å². The maximum absolute atomic E-state index is 11.6. The predicted molar refractivity (Wildman–Crippen MR) is 83.7 cm³/mol. The predicted octanol–water partition coefficient (Wildman–Crippen LogP) is 3.57. The van der Waals surface area contributed by atoms with E-state index >= 15 is 0 Å². The normalized spacial score (nSPS) is 12.0. The number of benzene rings is 1. The molecule has 1 N–H and O–H groups in total. The lowest BCUT2D eigenvalue weighted by Gasteiger charge is -2.16. The third kappa shape index (κ3) is 3.61. The molecule has 110 valence electrons. The van der Waals surface area contributed by atoms with E-state index in [2.05, 4.69) is 20.9 Å². The first-order valence-electron chi connectivity index (χ1n) is 6.49. The van der Waals surface area contributed by atoms with Crippen LogP contribution in [0.2, 0.25) is 0 Å². The fourth-order valence-electron chi connectivity index (χ4n) is 2.31. The number of aromatic nitrogens is 1. The van der Waals surface area contributed by atoms with Crippen LogP contribution in [0, 0.1) is 6.92 Å². The lowest BCUT2D eigenvalue weighted by Crippen LogP contribution is -2.17. The van der Waals surface area contributed by atoms with Gasteiger partial charge in [-0.2, -0.15) is 0 Å². The summed E-state index contributed by atoms with van der Waals surface area (Å²) in [5.41, 5.74) is 2.29. The lowest BCUT2D eigenvalue weighted by atomic mass is 9.93. The Bertz CT molecular complexity index is 658. The fourth-order valence-corrected chi connectivity index (χ4v) is 2.75. The van der Waals surface area contributed by atoms with Gasteiger partial charge in [-0.05, 0) is 52.5 Å². The second-order valence-electron chi connectivity index (χ2n) is 4.76. The average molecular weight is 350 g/mol. The van der Waals surface area contributed by atoms with Gasteiger partial charge in [-0.15, -0.1) is 0 Å². The first-order chi connectivity index (χ1) is 10.0. The van der Waals surface area contributed by atoms with Crippen molar-refractivity contribution in [3.8, 4) is 5.75 Å². The molecule has 2 aromatic rings. The summed E-state index contributed by atoms with van der Waals surface area (Å²) >= 11 is 3.34. The molecule has 5 heteroatoms. The van der Waals surface area contributed by atoms with Gasteiger partial charge in [0.2, 0.25) is 0 Å². The van der Waals surface area contributed by atoms with Crippen molar-refractivity contribution in [1.29, 1.82) is 0 Å². The number of carbonyl (C=O) groups is 1. The molecule has 0 bridgehead atoms. The minimum absolute atomic E-state index is 0.342. The first kappa shape index (κ1) is 15.5. The van der Waals surface area contributed by atoms with Crippen LogP contribution in [-0.4, -0.2) is 23.2 Å². The van der Waals surface area contributed by atoms with Crippen LogP contribution in [0.3, 0.4) is 0 Å². The standard InChI is InChI=1S/C16H16BrNO3/c1-10-7-12(17)9-18-15(10)13(16(19)20)8-11-5-3-4-6-14(11)21-2/h3-7,9,13H,8H2,1-2H3,(H,19,20). The van der Waals surface area contributed by atoms with Gasteiger partial charge in [-0.1, -0.05) is 18.2 Å². The smallest absolute Gasteiger partial charge is 0.312 e. The molecular formula is C16H16BrNO3. The Labute approximate surface area is 131 Å². The molecule has 0 radical (unpaired) electrons. The zero-order valence-electron chi connectivity index (χ0n) is 11.8. The van der Waals surface area contributed by atoms with Crippen molar-refractivity contribution in [2.45, 2.75) is 19.3 Å². The van der Waals surface area contributed by atoms with Crippen LogP contribution < -0.4 is 4.74 Å². The van der Waals surface area contributed by atoms with E-state index in [9.17, 15) is 9.90 Å². The Balaban J connectivity index is 2.38. The van der Waals surface area contributed by atoms with Crippen LogP contribution in [-0.2, 0) is 11.2 Å². The molecule has 1 heterocycles. The van der Waals surface area contributed by atoms with Crippen molar-refractivity contribution in [1.82, 2.24) is 4.98 Å². The summed E-state index contributed by atoms with van der Waals surface area (Å²) in [6.07, 6.45) is 1.97. The van der Waals surface area contributed by atoms with E-state index in [1.165, 1.54) is 0 Å². The zero-order chi connectivity index (χ0) is 15.4. The maximum atomic E-state index is 11.6. The lowest BCUT2D eigenvalue weighted by molar-refractivity contribution is -0.138. The molecule has 0 aliphatic rings. The van der Waals surface area contributed by atoms with E-state index in [0.717, 1.165) is 15.6 Å². The topological polar surface area (TPSA) is 59.4 Å². The summed E-state index contributed by atoms with van der Waals surface area (Å²) in [6.45, 7) is 1.87. The Kier molecular flexibility index (Phi) is 4.96. The molecule has 0 saturated carbocycles. The summed E-state index contributed by atoms with van der Waals surface area (Å²) in [4.78, 5) is 15.9. The molecule has 0 saturated heterocycles. The molecule has 0 spiro atoms. The zero-order valence-corrected chi connectivity index (χ0v) is 13.4. The van der Waals surface area contributed by atoms with E-state index in [4.69, 9.17) is 4.74 Å². The van der Waals surface area contributed by atoms with Gasteiger partial charge in [0.05, 0.1) is 12.8 Å². The molecule has 1 unspecified atom stereocenters. The Morgan fingerprint density at radius 1 is 1.43 bits per heavy atom. The molecule has 0 aliphatic carbocycles. The van der Waals surface area contributed by atoms with Crippen molar-refractivity contribution in [3.63, 3.8) is 0 Å². The number of para-hydroxylation sites is 1. The van der Waals surface area contributed by atoms with Gasteiger partial charge in [-0.25, -0.2) is 0 Å². The van der Waals surface area contributed by atoms with Gasteiger partial charge in [0.25, 0.3) is 0 Å². The summed E-state index contributed by atoms with van der Waals surface area (Å²) in [7, 11) is 1.58. The number of nitrogens with zero attached hydrogens (tertiary/aromatic N) is 1. The van der Waals surface area contributed by atoms with E-state index in [0.29, 0.717) is 17.9 Å². The van der Waals surface area contributed by atoms with Gasteiger partial charge in [0.1, 0.15) is 11.7 Å². The molecule has 1 aromatic carbocycles. The number of carboxylic acid groups (broad SMARTS) is 1. The highest BCUT2D eigenvalue weighted by Crippen LogP contribution is 2.28. The molecule has 0 fully saturated rings. The van der Waals surface area contributed by atoms with Crippen molar-refractivity contribution < 1.29 is 14.6 Å². The largest absolute Gasteiger partial charge is 0.496 e. The number of ether oxygens (including phenoxy) is 1. The third-order valence-corrected chi connectivity index (χ3v) is 3.76. The minimum atomic E-state index is -0.890. The van der Waals surface area contributed by atoms with E-state index in [1.54, 1.807) is 13.3 Å². The summed E-state index contributed by atoms with van der Waals surface area (Å²) in [6, 6.07) is 9.32. The molecule has 0 amide bonds. The van der Waals surface area contributed by atoms with Gasteiger partial charge in [0, 0.05) is 10.7 Å². The summed E-state index contributed by atoms with van der Waals surface area (Å²) in [5.74, 6) is -0.897. The van der Waals surface area contributed by atoms with E-state index in [-0.39, 0.29) is 0 Å². The maximum Gasteiger partial charge on any atom is 0.312 e. The monoisotopic (exact) mass is 349 g/mol. The highest BCUT2D eigenvalue weighted by Gasteiger charge is 2.24. The van der Waals surface area contributed by atoms with Crippen molar-refractivity contribution in [3.05, 3.63) is 57.8 Å². The number of hydrogen-bond acceptors (Lipinski definition) is 3. The highest BCUT2D eigenvalue weighted by atomic mass is 79.9. The van der Waals surface area contributed by atoms with Crippen LogP contribution in [0.4, 0.5) is 0 Å². The minimum Gasteiger partial charge on any atom is -0.496 e. The first-order valence-corrected chi connectivity index (χ1v) is 7.29. The number of methoxy groups -OCH3 is 1. The van der Waals surface area contributed by atoms with Crippen molar-refractivity contribution in [2.75, 3.05) is 7.11 Å². The van der Waals surface area contributed by atoms with Gasteiger partial charge in [-0.3, -0.25) is 9.78 Å². The second-order valence-corrected chi connectivity index (χ2v) is 5.68.